The number of hydrogen-bond donors (Lipinski definition) is 1. The number of nitrogens with two attached hydrogens (primary N) is 1. The molecule has 0 aliphatic heterocycles. The number of hydrogen-bond acceptors (Lipinski definition) is 3. The monoisotopic (exact) mass is 259 g/mol. The van der Waals surface area contributed by atoms with Crippen LogP contribution in [0.1, 0.15) is 11.1 Å². The summed E-state index contributed by atoms with van der Waals surface area (Å²) in [5.74, 6) is 0. The third kappa shape index (κ3) is 2.63. The molecule has 18 heavy (non-hydrogen) atoms. The minimum atomic E-state index is 0.544. The molecule has 4 heteroatoms. The number of anilines is 1. The van der Waals surface area contributed by atoms with Crippen molar-refractivity contribution in [3.05, 3.63) is 71.8 Å². The first kappa shape index (κ1) is 12.5. The highest BCUT2D eigenvalue weighted by Gasteiger charge is 2.11. The highest BCUT2D eigenvalue weighted by Crippen LogP contribution is 2.21. The Balaban J connectivity index is 2.53. The molecule has 0 heterocycles. The fraction of sp³-hybridized carbons (Fsp3) is 0. The summed E-state index contributed by atoms with van der Waals surface area (Å²) in [5.41, 5.74) is 8.77. The summed E-state index contributed by atoms with van der Waals surface area (Å²) in [6.07, 6.45) is 0. The first-order valence-corrected chi connectivity index (χ1v) is 5.70. The van der Waals surface area contributed by atoms with Gasteiger partial charge in [0.2, 0.25) is 0 Å². The number of halogens is 1. The first-order valence-electron chi connectivity index (χ1n) is 5.32. The van der Waals surface area contributed by atoms with Gasteiger partial charge in [-0.1, -0.05) is 47.1 Å². The standard InChI is InChI=1S/C14H12ClN2O/c1-18-17-14(10-5-3-2-4-6-10)12-8-7-11(15)9-13(12)16/h2-9H,1,16H2/b17-14+. The van der Waals surface area contributed by atoms with E-state index in [-0.39, 0.29) is 0 Å². The van der Waals surface area contributed by atoms with Crippen molar-refractivity contribution >= 4 is 23.0 Å². The van der Waals surface area contributed by atoms with E-state index in [0.717, 1.165) is 11.1 Å². The van der Waals surface area contributed by atoms with Gasteiger partial charge in [0.15, 0.2) is 7.11 Å². The molecule has 3 nitrogen and oxygen atoms in total. The lowest BCUT2D eigenvalue weighted by molar-refractivity contribution is 0.261. The van der Waals surface area contributed by atoms with E-state index in [4.69, 9.17) is 17.3 Å². The zero-order valence-electron chi connectivity index (χ0n) is 9.64. The summed E-state index contributed by atoms with van der Waals surface area (Å²) >= 11 is 5.88. The molecule has 0 atom stereocenters. The Morgan fingerprint density at radius 3 is 2.50 bits per heavy atom. The maximum atomic E-state index is 5.95. The van der Waals surface area contributed by atoms with Gasteiger partial charge in [0.1, 0.15) is 5.71 Å². The van der Waals surface area contributed by atoms with Crippen LogP contribution in [0.5, 0.6) is 0 Å². The van der Waals surface area contributed by atoms with Crippen molar-refractivity contribution < 1.29 is 4.84 Å². The van der Waals surface area contributed by atoms with Gasteiger partial charge in [-0.3, -0.25) is 0 Å². The number of nitrogens with zero attached hydrogens (tertiary/aromatic N) is 1. The fourth-order valence-corrected chi connectivity index (χ4v) is 1.85. The third-order valence-electron chi connectivity index (χ3n) is 2.47. The van der Waals surface area contributed by atoms with Gasteiger partial charge in [0.05, 0.1) is 0 Å². The number of rotatable bonds is 3. The molecule has 0 saturated carbocycles. The van der Waals surface area contributed by atoms with Crippen molar-refractivity contribution in [3.8, 4) is 0 Å². The van der Waals surface area contributed by atoms with Crippen LogP contribution in [0.2, 0.25) is 5.02 Å². The molecule has 2 rings (SSSR count). The van der Waals surface area contributed by atoms with E-state index in [1.54, 1.807) is 12.1 Å². The van der Waals surface area contributed by atoms with Crippen molar-refractivity contribution in [1.82, 2.24) is 0 Å². The predicted octanol–water partition coefficient (Wildman–Crippen LogP) is 3.48. The van der Waals surface area contributed by atoms with Crippen LogP contribution < -0.4 is 5.73 Å². The maximum Gasteiger partial charge on any atom is 0.153 e. The second-order valence-corrected chi connectivity index (χ2v) is 4.10. The van der Waals surface area contributed by atoms with Gasteiger partial charge in [-0.05, 0) is 18.2 Å². The van der Waals surface area contributed by atoms with E-state index in [1.165, 1.54) is 0 Å². The molecule has 0 unspecified atom stereocenters. The molecule has 0 aliphatic carbocycles. The molecule has 0 aliphatic rings. The summed E-state index contributed by atoms with van der Waals surface area (Å²) in [4.78, 5) is 4.65. The average molecular weight is 260 g/mol. The predicted molar refractivity (Wildman–Crippen MR) is 74.4 cm³/mol. The molecule has 0 aromatic heterocycles. The van der Waals surface area contributed by atoms with Crippen LogP contribution in [-0.4, -0.2) is 5.71 Å². The average Bonchev–Trinajstić information content (AvgIpc) is 2.38. The van der Waals surface area contributed by atoms with Crippen molar-refractivity contribution in [2.45, 2.75) is 0 Å². The van der Waals surface area contributed by atoms with E-state index < -0.39 is 0 Å². The molecular formula is C14H12ClN2O. The fourth-order valence-electron chi connectivity index (χ4n) is 1.67. The minimum Gasteiger partial charge on any atom is -0.398 e. The summed E-state index contributed by atoms with van der Waals surface area (Å²) < 4.78 is 0. The quantitative estimate of drug-likeness (QED) is 0.521. The molecule has 91 valence electrons. The van der Waals surface area contributed by atoms with Gasteiger partial charge < -0.3 is 10.6 Å². The van der Waals surface area contributed by atoms with Crippen LogP contribution >= 0.6 is 11.6 Å². The lowest BCUT2D eigenvalue weighted by Crippen LogP contribution is -2.07. The lowest BCUT2D eigenvalue weighted by atomic mass is 10.0. The van der Waals surface area contributed by atoms with Gasteiger partial charge in [-0.2, -0.15) is 0 Å². The zero-order chi connectivity index (χ0) is 13.0. The SMILES string of the molecule is [CH2]O/N=C(\c1ccccc1)c1ccc(Cl)cc1N. The van der Waals surface area contributed by atoms with E-state index in [2.05, 4.69) is 17.1 Å². The van der Waals surface area contributed by atoms with Crippen LogP contribution in [0, 0.1) is 7.11 Å². The van der Waals surface area contributed by atoms with E-state index in [9.17, 15) is 0 Å². The maximum absolute atomic E-state index is 5.95. The lowest BCUT2D eigenvalue weighted by Gasteiger charge is -2.09. The Kier molecular flexibility index (Phi) is 3.85. The van der Waals surface area contributed by atoms with Crippen molar-refractivity contribution in [1.29, 1.82) is 0 Å². The largest absolute Gasteiger partial charge is 0.398 e. The second-order valence-electron chi connectivity index (χ2n) is 3.67. The topological polar surface area (TPSA) is 47.6 Å². The Morgan fingerprint density at radius 2 is 1.89 bits per heavy atom. The van der Waals surface area contributed by atoms with E-state index >= 15 is 0 Å². The summed E-state index contributed by atoms with van der Waals surface area (Å²) in [5, 5.41) is 4.52. The summed E-state index contributed by atoms with van der Waals surface area (Å²) in [6.45, 7) is 0. The van der Waals surface area contributed by atoms with Crippen LogP contribution in [0.15, 0.2) is 53.7 Å². The van der Waals surface area contributed by atoms with Gasteiger partial charge in [0, 0.05) is 21.8 Å². The van der Waals surface area contributed by atoms with Crippen molar-refractivity contribution in [2.24, 2.45) is 5.16 Å². The van der Waals surface area contributed by atoms with Gasteiger partial charge in [0.25, 0.3) is 0 Å². The normalized spacial score (nSPS) is 11.3. The third-order valence-corrected chi connectivity index (χ3v) is 2.71. The number of oxime groups is 1. The molecule has 1 radical (unpaired) electrons. The number of nitrogen functional groups attached to an aromatic ring is 1. The van der Waals surface area contributed by atoms with E-state index in [1.807, 2.05) is 36.4 Å². The molecular weight excluding hydrogens is 248 g/mol. The van der Waals surface area contributed by atoms with Crippen molar-refractivity contribution in [3.63, 3.8) is 0 Å². The summed E-state index contributed by atoms with van der Waals surface area (Å²) in [7, 11) is 3.27. The smallest absolute Gasteiger partial charge is 0.153 e. The molecule has 0 saturated heterocycles. The molecule has 2 aromatic rings. The van der Waals surface area contributed by atoms with Crippen LogP contribution in [0.25, 0.3) is 0 Å². The van der Waals surface area contributed by atoms with Gasteiger partial charge in [-0.15, -0.1) is 0 Å². The zero-order valence-corrected chi connectivity index (χ0v) is 10.4. The molecule has 2 N–H and O–H groups in total. The minimum absolute atomic E-state index is 0.544. The van der Waals surface area contributed by atoms with Gasteiger partial charge in [-0.25, -0.2) is 0 Å². The second kappa shape index (κ2) is 5.56. The molecule has 0 amide bonds. The molecule has 0 fully saturated rings. The van der Waals surface area contributed by atoms with Gasteiger partial charge >= 0.3 is 0 Å². The molecule has 2 aromatic carbocycles. The Morgan fingerprint density at radius 1 is 1.17 bits per heavy atom. The van der Waals surface area contributed by atoms with Crippen LogP contribution in [0.4, 0.5) is 5.69 Å². The van der Waals surface area contributed by atoms with Crippen LogP contribution in [0.3, 0.4) is 0 Å². The molecule has 0 spiro atoms. The first-order chi connectivity index (χ1) is 8.72. The Bertz CT molecular complexity index is 567. The van der Waals surface area contributed by atoms with E-state index in [0.29, 0.717) is 16.4 Å². The number of benzene rings is 2. The summed E-state index contributed by atoms with van der Waals surface area (Å²) in [6, 6.07) is 14.9. The van der Waals surface area contributed by atoms with Crippen LogP contribution in [-0.2, 0) is 4.84 Å². The highest BCUT2D eigenvalue weighted by atomic mass is 35.5. The Hall–Kier alpha value is -2.00. The van der Waals surface area contributed by atoms with Crippen molar-refractivity contribution in [2.75, 3.05) is 5.73 Å². The highest BCUT2D eigenvalue weighted by molar-refractivity contribution is 6.31. The Labute approximate surface area is 111 Å². The molecule has 0 bridgehead atoms.